The number of carbonyl (C=O) groups excluding carboxylic acids is 1. The number of halogens is 1. The predicted octanol–water partition coefficient (Wildman–Crippen LogP) is 4.33. The Morgan fingerprint density at radius 1 is 1.16 bits per heavy atom. The highest BCUT2D eigenvalue weighted by Crippen LogP contribution is 2.29. The molecular weight excluding hydrogens is 409 g/mol. The fraction of sp³-hybridized carbons (Fsp3) is 0.333. The van der Waals surface area contributed by atoms with Crippen molar-refractivity contribution in [1.29, 1.82) is 0 Å². The van der Waals surface area contributed by atoms with Gasteiger partial charge in [-0.05, 0) is 56.2 Å². The van der Waals surface area contributed by atoms with Crippen molar-refractivity contribution >= 4 is 16.8 Å². The smallest absolute Gasteiger partial charge is 0.230 e. The van der Waals surface area contributed by atoms with Crippen LogP contribution >= 0.6 is 0 Å². The van der Waals surface area contributed by atoms with E-state index in [1.165, 1.54) is 17.7 Å². The zero-order valence-corrected chi connectivity index (χ0v) is 17.9. The Kier molecular flexibility index (Phi) is 5.43. The molecule has 2 aromatic carbocycles. The van der Waals surface area contributed by atoms with Crippen molar-refractivity contribution in [1.82, 2.24) is 24.8 Å². The van der Waals surface area contributed by atoms with Gasteiger partial charge < -0.3 is 9.42 Å². The van der Waals surface area contributed by atoms with Gasteiger partial charge in [-0.3, -0.25) is 9.48 Å². The maximum Gasteiger partial charge on any atom is 0.230 e. The normalized spacial score (nSPS) is 14.9. The zero-order valence-electron chi connectivity index (χ0n) is 17.9. The highest BCUT2D eigenvalue weighted by atomic mass is 19.1. The minimum absolute atomic E-state index is 0.124. The molecule has 8 heteroatoms. The van der Waals surface area contributed by atoms with E-state index in [9.17, 15) is 9.18 Å². The Balaban J connectivity index is 1.16. The molecular formula is C24H24FN5O2. The van der Waals surface area contributed by atoms with Crippen LogP contribution in [0.15, 0.2) is 53.2 Å². The first-order chi connectivity index (χ1) is 15.6. The van der Waals surface area contributed by atoms with Gasteiger partial charge in [0.25, 0.3) is 0 Å². The Morgan fingerprint density at radius 3 is 2.72 bits per heavy atom. The third-order valence-corrected chi connectivity index (χ3v) is 6.08. The lowest BCUT2D eigenvalue weighted by Gasteiger charge is -2.30. The molecule has 5 rings (SSSR count). The topological polar surface area (TPSA) is 77.1 Å². The van der Waals surface area contributed by atoms with Crippen LogP contribution < -0.4 is 0 Å². The summed E-state index contributed by atoms with van der Waals surface area (Å²) in [5, 5.41) is 9.56. The summed E-state index contributed by atoms with van der Waals surface area (Å²) in [6.45, 7) is 3.95. The molecule has 1 aliphatic rings. The predicted molar refractivity (Wildman–Crippen MR) is 117 cm³/mol. The molecule has 0 unspecified atom stereocenters. The summed E-state index contributed by atoms with van der Waals surface area (Å²) in [6, 6.07) is 12.2. The van der Waals surface area contributed by atoms with Gasteiger partial charge in [0.05, 0.1) is 18.3 Å². The van der Waals surface area contributed by atoms with Gasteiger partial charge in [-0.15, -0.1) is 0 Å². The van der Waals surface area contributed by atoms with Crippen molar-refractivity contribution in [2.24, 2.45) is 0 Å². The van der Waals surface area contributed by atoms with Gasteiger partial charge in [-0.1, -0.05) is 16.8 Å². The van der Waals surface area contributed by atoms with Crippen LogP contribution in [0.4, 0.5) is 4.39 Å². The molecule has 1 saturated heterocycles. The van der Waals surface area contributed by atoms with Crippen LogP contribution in [0.5, 0.6) is 0 Å². The first kappa shape index (κ1) is 20.4. The highest BCUT2D eigenvalue weighted by molar-refractivity contribution is 5.80. The molecule has 4 aromatic rings. The number of piperidine rings is 1. The van der Waals surface area contributed by atoms with E-state index in [4.69, 9.17) is 4.52 Å². The molecule has 3 heterocycles. The van der Waals surface area contributed by atoms with Crippen LogP contribution in [0.25, 0.3) is 22.3 Å². The summed E-state index contributed by atoms with van der Waals surface area (Å²) in [5.74, 6) is 0.996. The molecule has 0 bridgehead atoms. The van der Waals surface area contributed by atoms with Crippen LogP contribution in [-0.2, 0) is 11.3 Å². The van der Waals surface area contributed by atoms with Crippen molar-refractivity contribution in [3.8, 4) is 11.4 Å². The summed E-state index contributed by atoms with van der Waals surface area (Å²) in [6.07, 6.45) is 3.83. The van der Waals surface area contributed by atoms with E-state index in [1.54, 1.807) is 12.1 Å². The number of nitrogens with zero attached hydrogens (tertiary/aromatic N) is 5. The molecule has 2 aromatic heterocycles. The standard InChI is InChI=1S/C24H24FN5O2/c1-16-2-7-21-19(14-16)15-26-30(21)13-10-22(31)29-11-8-18(9-12-29)24-27-23(28-32-24)17-3-5-20(25)6-4-17/h2-7,14-15,18H,8-13H2,1H3. The minimum atomic E-state index is -0.301. The average molecular weight is 433 g/mol. The number of aromatic nitrogens is 4. The minimum Gasteiger partial charge on any atom is -0.343 e. The maximum absolute atomic E-state index is 13.1. The Labute approximate surface area is 184 Å². The van der Waals surface area contributed by atoms with Crippen LogP contribution in [0.3, 0.4) is 0 Å². The lowest BCUT2D eigenvalue weighted by molar-refractivity contribution is -0.132. The monoisotopic (exact) mass is 433 g/mol. The van der Waals surface area contributed by atoms with Gasteiger partial charge in [-0.2, -0.15) is 10.1 Å². The summed E-state index contributed by atoms with van der Waals surface area (Å²) in [7, 11) is 0. The number of amides is 1. The summed E-state index contributed by atoms with van der Waals surface area (Å²) in [5.41, 5.74) is 2.97. The van der Waals surface area contributed by atoms with E-state index < -0.39 is 0 Å². The van der Waals surface area contributed by atoms with E-state index in [-0.39, 0.29) is 17.6 Å². The third kappa shape index (κ3) is 4.12. The van der Waals surface area contributed by atoms with Gasteiger partial charge in [0.2, 0.25) is 17.6 Å². The van der Waals surface area contributed by atoms with E-state index in [0.29, 0.717) is 37.8 Å². The number of fused-ring (bicyclic) bond motifs is 1. The first-order valence-electron chi connectivity index (χ1n) is 10.9. The van der Waals surface area contributed by atoms with Gasteiger partial charge in [0, 0.05) is 36.4 Å². The maximum atomic E-state index is 13.1. The van der Waals surface area contributed by atoms with Crippen LogP contribution in [0, 0.1) is 12.7 Å². The first-order valence-corrected chi connectivity index (χ1v) is 10.9. The van der Waals surface area contributed by atoms with Crippen LogP contribution in [0.1, 0.15) is 36.6 Å². The van der Waals surface area contributed by atoms with Crippen molar-refractivity contribution in [3.63, 3.8) is 0 Å². The van der Waals surface area contributed by atoms with Crippen LogP contribution in [0.2, 0.25) is 0 Å². The second-order valence-corrected chi connectivity index (χ2v) is 8.30. The van der Waals surface area contributed by atoms with Crippen molar-refractivity contribution in [3.05, 3.63) is 65.9 Å². The molecule has 164 valence electrons. The molecule has 1 amide bonds. The average Bonchev–Trinajstić information content (AvgIpc) is 3.45. The largest absolute Gasteiger partial charge is 0.343 e. The second-order valence-electron chi connectivity index (χ2n) is 8.30. The molecule has 0 aliphatic carbocycles. The Morgan fingerprint density at radius 2 is 1.94 bits per heavy atom. The lowest BCUT2D eigenvalue weighted by atomic mass is 9.96. The Bertz CT molecular complexity index is 1240. The molecule has 0 N–H and O–H groups in total. The summed E-state index contributed by atoms with van der Waals surface area (Å²) < 4.78 is 20.5. The number of hydrogen-bond donors (Lipinski definition) is 0. The third-order valence-electron chi connectivity index (χ3n) is 6.08. The van der Waals surface area contributed by atoms with E-state index in [1.807, 2.05) is 15.8 Å². The Hall–Kier alpha value is -3.55. The molecule has 1 aliphatic heterocycles. The van der Waals surface area contributed by atoms with Gasteiger partial charge in [0.15, 0.2) is 0 Å². The summed E-state index contributed by atoms with van der Waals surface area (Å²) in [4.78, 5) is 19.1. The number of likely N-dealkylation sites (tertiary alicyclic amines) is 1. The molecule has 7 nitrogen and oxygen atoms in total. The quantitative estimate of drug-likeness (QED) is 0.468. The number of rotatable bonds is 5. The SMILES string of the molecule is Cc1ccc2c(cnn2CCC(=O)N2CCC(c3nc(-c4ccc(F)cc4)no3)CC2)c1. The van der Waals surface area contributed by atoms with Gasteiger partial charge in [0.1, 0.15) is 5.82 Å². The summed E-state index contributed by atoms with van der Waals surface area (Å²) >= 11 is 0. The van der Waals surface area contributed by atoms with E-state index in [0.717, 1.165) is 29.3 Å². The molecule has 0 radical (unpaired) electrons. The fourth-order valence-electron chi connectivity index (χ4n) is 4.24. The molecule has 1 fully saturated rings. The number of carbonyl (C=O) groups is 1. The molecule has 0 spiro atoms. The van der Waals surface area contributed by atoms with Crippen LogP contribution in [-0.4, -0.2) is 43.8 Å². The van der Waals surface area contributed by atoms with Gasteiger partial charge in [-0.25, -0.2) is 4.39 Å². The molecule has 32 heavy (non-hydrogen) atoms. The lowest BCUT2D eigenvalue weighted by Crippen LogP contribution is -2.38. The molecule has 0 saturated carbocycles. The highest BCUT2D eigenvalue weighted by Gasteiger charge is 2.27. The van der Waals surface area contributed by atoms with E-state index in [2.05, 4.69) is 40.4 Å². The fourth-order valence-corrected chi connectivity index (χ4v) is 4.24. The second kappa shape index (κ2) is 8.53. The zero-order chi connectivity index (χ0) is 22.1. The van der Waals surface area contributed by atoms with Crippen molar-refractivity contribution < 1.29 is 13.7 Å². The van der Waals surface area contributed by atoms with Gasteiger partial charge >= 0.3 is 0 Å². The number of benzene rings is 2. The van der Waals surface area contributed by atoms with E-state index >= 15 is 0 Å². The molecule has 0 atom stereocenters. The number of hydrogen-bond acceptors (Lipinski definition) is 5. The van der Waals surface area contributed by atoms with Crippen molar-refractivity contribution in [2.75, 3.05) is 13.1 Å². The van der Waals surface area contributed by atoms with Crippen molar-refractivity contribution in [2.45, 2.75) is 38.6 Å². The number of aryl methyl sites for hydroxylation is 2.